The Morgan fingerprint density at radius 1 is 1.59 bits per heavy atom. The lowest BCUT2D eigenvalue weighted by Gasteiger charge is -2.10. The minimum atomic E-state index is -0.337. The average Bonchev–Trinajstić information content (AvgIpc) is 3.13. The molecule has 1 fully saturated rings. The van der Waals surface area contributed by atoms with Crippen LogP contribution in [0.4, 0.5) is 10.4 Å². The van der Waals surface area contributed by atoms with Gasteiger partial charge in [0, 0.05) is 31.3 Å². The van der Waals surface area contributed by atoms with Crippen LogP contribution in [0.15, 0.2) is 34.5 Å². The highest BCUT2D eigenvalue weighted by atomic mass is 19.1. The lowest BCUT2D eigenvalue weighted by atomic mass is 10.3. The first-order valence-electron chi connectivity index (χ1n) is 7.14. The SMILES string of the molecule is NCC(=CF)COc1ccc2nc(N3CCC(O)C3)oc2c1. The Kier molecular flexibility index (Phi) is 4.26. The number of benzene rings is 1. The van der Waals surface area contributed by atoms with Crippen molar-refractivity contribution in [2.24, 2.45) is 5.73 Å². The summed E-state index contributed by atoms with van der Waals surface area (Å²) in [6.45, 7) is 1.45. The fraction of sp³-hybridized carbons (Fsp3) is 0.400. The summed E-state index contributed by atoms with van der Waals surface area (Å²) >= 11 is 0. The summed E-state index contributed by atoms with van der Waals surface area (Å²) in [7, 11) is 0. The molecule has 6 nitrogen and oxygen atoms in total. The van der Waals surface area contributed by atoms with Gasteiger partial charge < -0.3 is 24.9 Å². The summed E-state index contributed by atoms with van der Waals surface area (Å²) in [4.78, 5) is 6.31. The maximum atomic E-state index is 12.4. The van der Waals surface area contributed by atoms with E-state index in [9.17, 15) is 9.50 Å². The monoisotopic (exact) mass is 307 g/mol. The van der Waals surface area contributed by atoms with Gasteiger partial charge in [-0.25, -0.2) is 4.39 Å². The summed E-state index contributed by atoms with van der Waals surface area (Å²) in [5.41, 5.74) is 7.06. The summed E-state index contributed by atoms with van der Waals surface area (Å²) in [6, 6.07) is 5.74. The van der Waals surface area contributed by atoms with Crippen molar-refractivity contribution in [3.63, 3.8) is 0 Å². The second-order valence-corrected chi connectivity index (χ2v) is 5.27. The van der Waals surface area contributed by atoms with Crippen LogP contribution in [0, 0.1) is 0 Å². The molecule has 1 aliphatic heterocycles. The predicted octanol–water partition coefficient (Wildman–Crippen LogP) is 1.59. The highest BCUT2D eigenvalue weighted by Gasteiger charge is 2.24. The Morgan fingerprint density at radius 3 is 3.14 bits per heavy atom. The number of ether oxygens (including phenoxy) is 1. The molecule has 1 saturated heterocycles. The molecule has 1 aliphatic rings. The van der Waals surface area contributed by atoms with E-state index in [1.165, 1.54) is 0 Å². The van der Waals surface area contributed by atoms with Gasteiger partial charge in [0.2, 0.25) is 0 Å². The molecule has 0 amide bonds. The first-order chi connectivity index (χ1) is 10.7. The molecule has 2 heterocycles. The van der Waals surface area contributed by atoms with Crippen molar-refractivity contribution in [3.05, 3.63) is 30.1 Å². The Balaban J connectivity index is 1.75. The first-order valence-corrected chi connectivity index (χ1v) is 7.14. The molecule has 3 N–H and O–H groups in total. The standard InChI is InChI=1S/C15H18FN3O3/c16-6-10(7-17)9-21-12-1-2-13-14(5-12)22-15(18-13)19-4-3-11(20)8-19/h1-2,5-6,11,20H,3-4,7-9,17H2. The van der Waals surface area contributed by atoms with Crippen LogP contribution in [0.5, 0.6) is 5.75 Å². The highest BCUT2D eigenvalue weighted by Crippen LogP contribution is 2.27. The largest absolute Gasteiger partial charge is 0.489 e. The van der Waals surface area contributed by atoms with Crippen molar-refractivity contribution in [1.82, 2.24) is 4.98 Å². The number of nitrogens with zero attached hydrogens (tertiary/aromatic N) is 2. The first kappa shape index (κ1) is 14.8. The molecule has 0 spiro atoms. The van der Waals surface area contributed by atoms with Gasteiger partial charge in [0.1, 0.15) is 17.9 Å². The van der Waals surface area contributed by atoms with Crippen LogP contribution in [-0.2, 0) is 0 Å². The van der Waals surface area contributed by atoms with Crippen LogP contribution in [0.25, 0.3) is 11.1 Å². The molecule has 22 heavy (non-hydrogen) atoms. The van der Waals surface area contributed by atoms with E-state index >= 15 is 0 Å². The Labute approximate surface area is 127 Å². The zero-order chi connectivity index (χ0) is 15.5. The molecule has 1 aromatic heterocycles. The predicted molar refractivity (Wildman–Crippen MR) is 80.6 cm³/mol. The van der Waals surface area contributed by atoms with Gasteiger partial charge in [-0.05, 0) is 18.6 Å². The van der Waals surface area contributed by atoms with Gasteiger partial charge in [-0.1, -0.05) is 0 Å². The van der Waals surface area contributed by atoms with Crippen molar-refractivity contribution in [3.8, 4) is 5.75 Å². The van der Waals surface area contributed by atoms with Gasteiger partial charge >= 0.3 is 0 Å². The zero-order valence-corrected chi connectivity index (χ0v) is 12.0. The fourth-order valence-corrected chi connectivity index (χ4v) is 2.34. The lowest BCUT2D eigenvalue weighted by Crippen LogP contribution is -2.21. The Morgan fingerprint density at radius 2 is 2.45 bits per heavy atom. The van der Waals surface area contributed by atoms with Crippen molar-refractivity contribution in [2.75, 3.05) is 31.1 Å². The number of hydrogen-bond donors (Lipinski definition) is 2. The maximum Gasteiger partial charge on any atom is 0.298 e. The summed E-state index contributed by atoms with van der Waals surface area (Å²) in [5, 5.41) is 9.57. The zero-order valence-electron chi connectivity index (χ0n) is 12.0. The Hall–Kier alpha value is -2.12. The summed E-state index contributed by atoms with van der Waals surface area (Å²) < 4.78 is 23.6. The van der Waals surface area contributed by atoms with E-state index in [-0.39, 0.29) is 19.3 Å². The third kappa shape index (κ3) is 3.05. The second-order valence-electron chi connectivity index (χ2n) is 5.27. The van der Waals surface area contributed by atoms with Crippen LogP contribution >= 0.6 is 0 Å². The maximum absolute atomic E-state index is 12.4. The van der Waals surface area contributed by atoms with Crippen LogP contribution in [0.1, 0.15) is 6.42 Å². The summed E-state index contributed by atoms with van der Waals surface area (Å²) in [5.74, 6) is 0.560. The van der Waals surface area contributed by atoms with E-state index in [0.29, 0.717) is 47.7 Å². The number of nitrogens with two attached hydrogens (primary N) is 1. The van der Waals surface area contributed by atoms with E-state index in [2.05, 4.69) is 4.98 Å². The number of aliphatic hydroxyl groups is 1. The van der Waals surface area contributed by atoms with Crippen LogP contribution in [0.2, 0.25) is 0 Å². The number of rotatable bonds is 5. The van der Waals surface area contributed by atoms with Crippen molar-refractivity contribution in [1.29, 1.82) is 0 Å². The van der Waals surface area contributed by atoms with Gasteiger partial charge in [0.05, 0.1) is 12.4 Å². The van der Waals surface area contributed by atoms with Gasteiger partial charge in [-0.15, -0.1) is 0 Å². The lowest BCUT2D eigenvalue weighted by molar-refractivity contribution is 0.198. The third-order valence-corrected chi connectivity index (χ3v) is 3.62. The molecule has 0 aliphatic carbocycles. The van der Waals surface area contributed by atoms with E-state index in [4.69, 9.17) is 14.9 Å². The molecule has 1 unspecified atom stereocenters. The summed E-state index contributed by atoms with van der Waals surface area (Å²) in [6.07, 6.45) is 0.838. The van der Waals surface area contributed by atoms with E-state index in [1.807, 2.05) is 4.90 Å². The molecule has 0 bridgehead atoms. The van der Waals surface area contributed by atoms with Crippen molar-refractivity contribution < 1.29 is 18.7 Å². The highest BCUT2D eigenvalue weighted by molar-refractivity contribution is 5.76. The van der Waals surface area contributed by atoms with E-state index in [1.54, 1.807) is 18.2 Å². The quantitative estimate of drug-likeness (QED) is 0.872. The second kappa shape index (κ2) is 6.33. The molecule has 1 atom stereocenters. The minimum Gasteiger partial charge on any atom is -0.489 e. The molecule has 118 valence electrons. The van der Waals surface area contributed by atoms with Gasteiger partial charge in [-0.2, -0.15) is 4.98 Å². The number of halogens is 1. The molecule has 0 radical (unpaired) electrons. The van der Waals surface area contributed by atoms with Gasteiger partial charge in [0.25, 0.3) is 6.01 Å². The normalized spacial score (nSPS) is 19.1. The van der Waals surface area contributed by atoms with Crippen LogP contribution < -0.4 is 15.4 Å². The number of hydrogen-bond acceptors (Lipinski definition) is 6. The minimum absolute atomic E-state index is 0.0951. The number of oxazole rings is 1. The molecule has 7 heteroatoms. The number of fused-ring (bicyclic) bond motifs is 1. The molecular formula is C15H18FN3O3. The number of β-amino-alcohol motifs (C(OH)–C–C–N with tert-alkyl or cyclic N) is 1. The third-order valence-electron chi connectivity index (χ3n) is 3.62. The van der Waals surface area contributed by atoms with E-state index < -0.39 is 0 Å². The molecule has 3 rings (SSSR count). The van der Waals surface area contributed by atoms with Crippen molar-refractivity contribution >= 4 is 17.1 Å². The molecule has 1 aromatic carbocycles. The van der Waals surface area contributed by atoms with Crippen LogP contribution in [0.3, 0.4) is 0 Å². The Bertz CT molecular complexity index is 686. The van der Waals surface area contributed by atoms with E-state index in [0.717, 1.165) is 6.54 Å². The molecule has 2 aromatic rings. The topological polar surface area (TPSA) is 84.8 Å². The molecule has 0 saturated carbocycles. The fourth-order valence-electron chi connectivity index (χ4n) is 2.34. The average molecular weight is 307 g/mol. The van der Waals surface area contributed by atoms with Gasteiger partial charge in [-0.3, -0.25) is 0 Å². The number of aromatic nitrogens is 1. The van der Waals surface area contributed by atoms with Crippen LogP contribution in [-0.4, -0.2) is 42.4 Å². The molecular weight excluding hydrogens is 289 g/mol. The smallest absolute Gasteiger partial charge is 0.298 e. The number of anilines is 1. The van der Waals surface area contributed by atoms with Crippen molar-refractivity contribution in [2.45, 2.75) is 12.5 Å². The van der Waals surface area contributed by atoms with Gasteiger partial charge in [0.15, 0.2) is 5.58 Å². The number of aliphatic hydroxyl groups excluding tert-OH is 1.